The van der Waals surface area contributed by atoms with Crippen LogP contribution in [0.15, 0.2) is 58.1 Å². The molecule has 2 aromatic carbocycles. The Morgan fingerprint density at radius 1 is 1.10 bits per heavy atom. The molecule has 0 saturated heterocycles. The average molecular weight is 454 g/mol. The monoisotopic (exact) mass is 453 g/mol. The summed E-state index contributed by atoms with van der Waals surface area (Å²) in [7, 11) is 0. The summed E-state index contributed by atoms with van der Waals surface area (Å²) in [5, 5.41) is 4.12. The molecule has 1 N–H and O–H groups in total. The van der Waals surface area contributed by atoms with Gasteiger partial charge in [0.15, 0.2) is 6.61 Å². The maximum atomic E-state index is 12.1. The van der Waals surface area contributed by atoms with Crippen LogP contribution in [0.2, 0.25) is 0 Å². The smallest absolute Gasteiger partial charge is 0.277 e. The molecule has 0 unspecified atom stereocenters. The zero-order chi connectivity index (χ0) is 21.0. The van der Waals surface area contributed by atoms with Gasteiger partial charge in [0, 0.05) is 27.1 Å². The number of aryl methyl sites for hydroxylation is 2. The number of nitrogens with one attached hydrogen (secondary N) is 1. The Morgan fingerprint density at radius 2 is 1.86 bits per heavy atom. The lowest BCUT2D eigenvalue weighted by Gasteiger charge is -2.10. The summed E-state index contributed by atoms with van der Waals surface area (Å²) in [6.07, 6.45) is 1.66. The first-order chi connectivity index (χ1) is 13.9. The number of hydrazone groups is 1. The molecule has 0 aliphatic carbocycles. The van der Waals surface area contributed by atoms with Crippen molar-refractivity contribution in [1.82, 2.24) is 9.99 Å². The molecule has 0 saturated carbocycles. The van der Waals surface area contributed by atoms with E-state index in [1.807, 2.05) is 51.1 Å². The van der Waals surface area contributed by atoms with Gasteiger partial charge in [0.2, 0.25) is 0 Å². The molecule has 0 fully saturated rings. The lowest BCUT2D eigenvalue weighted by molar-refractivity contribution is -0.123. The van der Waals surface area contributed by atoms with Crippen molar-refractivity contribution < 1.29 is 9.53 Å². The number of benzene rings is 2. The lowest BCUT2D eigenvalue weighted by atomic mass is 10.2. The van der Waals surface area contributed by atoms with Crippen LogP contribution in [0.1, 0.15) is 28.1 Å². The Balaban J connectivity index is 1.70. The minimum absolute atomic E-state index is 0.0916. The number of hydrogen-bond donors (Lipinski definition) is 1. The molecule has 0 aliphatic heterocycles. The normalized spacial score (nSPS) is 11.1. The zero-order valence-corrected chi connectivity index (χ0v) is 18.6. The highest BCUT2D eigenvalue weighted by atomic mass is 79.9. The highest BCUT2D eigenvalue weighted by molar-refractivity contribution is 9.10. The minimum atomic E-state index is -0.312. The number of ether oxygens (including phenoxy) is 1. The SMILES string of the molecule is Cc1cccc(-n2c(C)c(Br)c(/C=N\NC(=O)COc3ccccc3C)c2C)c1. The van der Waals surface area contributed by atoms with Gasteiger partial charge in [-0.2, -0.15) is 5.10 Å². The van der Waals surface area contributed by atoms with E-state index in [1.165, 1.54) is 5.56 Å². The number of carbonyl (C=O) groups is 1. The highest BCUT2D eigenvalue weighted by Gasteiger charge is 2.16. The third-order valence-electron chi connectivity index (χ3n) is 4.71. The van der Waals surface area contributed by atoms with Gasteiger partial charge in [-0.25, -0.2) is 5.43 Å². The molecule has 1 amide bonds. The Kier molecular flexibility index (Phi) is 6.54. The quantitative estimate of drug-likeness (QED) is 0.421. The summed E-state index contributed by atoms with van der Waals surface area (Å²) in [5.41, 5.74) is 8.83. The lowest BCUT2D eigenvalue weighted by Crippen LogP contribution is -2.24. The van der Waals surface area contributed by atoms with E-state index in [0.717, 1.165) is 32.7 Å². The maximum Gasteiger partial charge on any atom is 0.277 e. The van der Waals surface area contributed by atoms with Crippen molar-refractivity contribution in [3.8, 4) is 11.4 Å². The largest absolute Gasteiger partial charge is 0.483 e. The number of carbonyl (C=O) groups excluding carboxylic acids is 1. The average Bonchev–Trinajstić information content (AvgIpc) is 2.90. The van der Waals surface area contributed by atoms with Gasteiger partial charge in [0.1, 0.15) is 5.75 Å². The van der Waals surface area contributed by atoms with Gasteiger partial charge < -0.3 is 9.30 Å². The van der Waals surface area contributed by atoms with Crippen molar-refractivity contribution in [3.05, 3.63) is 81.1 Å². The second kappa shape index (κ2) is 9.09. The molecule has 29 heavy (non-hydrogen) atoms. The fourth-order valence-electron chi connectivity index (χ4n) is 3.19. The van der Waals surface area contributed by atoms with E-state index >= 15 is 0 Å². The van der Waals surface area contributed by atoms with E-state index in [9.17, 15) is 4.79 Å². The Hall–Kier alpha value is -2.86. The van der Waals surface area contributed by atoms with Gasteiger partial charge in [0.25, 0.3) is 5.91 Å². The molecular weight excluding hydrogens is 430 g/mol. The number of hydrogen-bond acceptors (Lipinski definition) is 3. The first kappa shape index (κ1) is 20.9. The summed E-state index contributed by atoms with van der Waals surface area (Å²) in [5.74, 6) is 0.379. The number of amides is 1. The molecule has 0 atom stereocenters. The van der Waals surface area contributed by atoms with Gasteiger partial charge >= 0.3 is 0 Å². The number of aromatic nitrogens is 1. The second-order valence-electron chi connectivity index (χ2n) is 6.92. The molecule has 0 bridgehead atoms. The van der Waals surface area contributed by atoms with Gasteiger partial charge in [-0.05, 0) is 73.0 Å². The van der Waals surface area contributed by atoms with Gasteiger partial charge in [-0.3, -0.25) is 4.79 Å². The standard InChI is InChI=1S/C23H24BrN3O2/c1-15-8-7-10-19(12-15)27-17(3)20(23(24)18(27)4)13-25-26-22(28)14-29-21-11-6-5-9-16(21)2/h5-13H,14H2,1-4H3,(H,26,28)/b25-13-. The number of nitrogens with zero attached hydrogens (tertiary/aromatic N) is 2. The van der Waals surface area contributed by atoms with Crippen molar-refractivity contribution in [2.75, 3.05) is 6.61 Å². The molecular formula is C23H24BrN3O2. The molecule has 0 radical (unpaired) electrons. The zero-order valence-electron chi connectivity index (χ0n) is 17.0. The van der Waals surface area contributed by atoms with Crippen LogP contribution >= 0.6 is 15.9 Å². The third kappa shape index (κ3) is 4.77. The molecule has 3 rings (SSSR count). The van der Waals surface area contributed by atoms with E-state index in [-0.39, 0.29) is 12.5 Å². The molecule has 6 heteroatoms. The summed E-state index contributed by atoms with van der Waals surface area (Å²) in [6.45, 7) is 8.00. The predicted molar refractivity (Wildman–Crippen MR) is 120 cm³/mol. The van der Waals surface area contributed by atoms with Crippen LogP contribution < -0.4 is 10.2 Å². The van der Waals surface area contributed by atoms with E-state index in [4.69, 9.17) is 4.74 Å². The molecule has 3 aromatic rings. The van der Waals surface area contributed by atoms with Crippen molar-refractivity contribution >= 4 is 28.1 Å². The third-order valence-corrected chi connectivity index (χ3v) is 5.71. The van der Waals surface area contributed by atoms with Crippen molar-refractivity contribution in [2.24, 2.45) is 5.10 Å². The number of halogens is 1. The van der Waals surface area contributed by atoms with Gasteiger partial charge in [-0.15, -0.1) is 0 Å². The van der Waals surface area contributed by atoms with Crippen LogP contribution in [0.5, 0.6) is 5.75 Å². The summed E-state index contributed by atoms with van der Waals surface area (Å²) < 4.78 is 8.66. The molecule has 0 aliphatic rings. The van der Waals surface area contributed by atoms with Crippen molar-refractivity contribution in [3.63, 3.8) is 0 Å². The van der Waals surface area contributed by atoms with Crippen LogP contribution in [0.3, 0.4) is 0 Å². The second-order valence-corrected chi connectivity index (χ2v) is 7.71. The van der Waals surface area contributed by atoms with Crippen LogP contribution in [-0.4, -0.2) is 23.3 Å². The number of rotatable bonds is 6. The van der Waals surface area contributed by atoms with Gasteiger partial charge in [0.05, 0.1) is 6.21 Å². The topological polar surface area (TPSA) is 55.6 Å². The predicted octanol–water partition coefficient (Wildman–Crippen LogP) is 5.00. The number of para-hydroxylation sites is 1. The van der Waals surface area contributed by atoms with Crippen LogP contribution in [0.4, 0.5) is 0 Å². The molecule has 150 valence electrons. The van der Waals surface area contributed by atoms with Gasteiger partial charge in [-0.1, -0.05) is 30.3 Å². The molecule has 1 aromatic heterocycles. The van der Waals surface area contributed by atoms with Crippen LogP contribution in [0.25, 0.3) is 5.69 Å². The first-order valence-electron chi connectivity index (χ1n) is 9.33. The van der Waals surface area contributed by atoms with E-state index < -0.39 is 0 Å². The highest BCUT2D eigenvalue weighted by Crippen LogP contribution is 2.29. The molecule has 0 spiro atoms. The van der Waals surface area contributed by atoms with Crippen molar-refractivity contribution in [2.45, 2.75) is 27.7 Å². The molecule has 5 nitrogen and oxygen atoms in total. The minimum Gasteiger partial charge on any atom is -0.483 e. The maximum absolute atomic E-state index is 12.1. The fourth-order valence-corrected chi connectivity index (χ4v) is 3.76. The Labute approximate surface area is 179 Å². The van der Waals surface area contributed by atoms with E-state index in [2.05, 4.69) is 56.1 Å². The molecule has 1 heterocycles. The summed E-state index contributed by atoms with van der Waals surface area (Å²) >= 11 is 3.65. The van der Waals surface area contributed by atoms with E-state index in [0.29, 0.717) is 5.75 Å². The van der Waals surface area contributed by atoms with Crippen molar-refractivity contribution in [1.29, 1.82) is 0 Å². The summed E-state index contributed by atoms with van der Waals surface area (Å²) in [4.78, 5) is 12.1. The fraction of sp³-hybridized carbons (Fsp3) is 0.217. The Morgan fingerprint density at radius 3 is 2.59 bits per heavy atom. The van der Waals surface area contributed by atoms with E-state index in [1.54, 1.807) is 6.21 Å². The first-order valence-corrected chi connectivity index (χ1v) is 10.1. The summed E-state index contributed by atoms with van der Waals surface area (Å²) in [6, 6.07) is 15.9. The van der Waals surface area contributed by atoms with Crippen LogP contribution in [0, 0.1) is 27.7 Å². The van der Waals surface area contributed by atoms with Crippen LogP contribution in [-0.2, 0) is 4.79 Å². The Bertz CT molecular complexity index is 1070.